The lowest BCUT2D eigenvalue weighted by Crippen LogP contribution is -2.58. The second-order valence-electron chi connectivity index (χ2n) is 7.58. The van der Waals surface area contributed by atoms with Crippen LogP contribution in [0.25, 0.3) is 0 Å². The summed E-state index contributed by atoms with van der Waals surface area (Å²) < 4.78 is 17.5. The summed E-state index contributed by atoms with van der Waals surface area (Å²) in [5.41, 5.74) is 6.02. The Labute approximate surface area is 156 Å². The topological polar surface area (TPSA) is 64.4 Å². The van der Waals surface area contributed by atoms with E-state index in [9.17, 15) is 9.18 Å². The van der Waals surface area contributed by atoms with Crippen LogP contribution in [0.15, 0.2) is 24.3 Å². The molecule has 0 bridgehead atoms. The van der Waals surface area contributed by atoms with E-state index in [-0.39, 0.29) is 11.7 Å². The Bertz CT molecular complexity index is 535. The second-order valence-corrected chi connectivity index (χ2v) is 7.58. The highest BCUT2D eigenvalue weighted by Crippen LogP contribution is 2.27. The van der Waals surface area contributed by atoms with Crippen molar-refractivity contribution in [3.63, 3.8) is 0 Å². The number of nitrogens with one attached hydrogen (secondary N) is 1. The molecule has 2 aliphatic rings. The molecule has 1 heterocycles. The van der Waals surface area contributed by atoms with Gasteiger partial charge in [0.25, 0.3) is 0 Å². The SMILES string of the molecule is Cc1cccc(F)c1.NC(=O)C1(NCCC2CCCCC2)CCOCC1. The summed E-state index contributed by atoms with van der Waals surface area (Å²) in [4.78, 5) is 11.7. The van der Waals surface area contributed by atoms with Gasteiger partial charge in [-0.3, -0.25) is 4.79 Å². The fourth-order valence-electron chi connectivity index (χ4n) is 3.83. The lowest BCUT2D eigenvalue weighted by atomic mass is 9.85. The fraction of sp³-hybridized carbons (Fsp3) is 0.667. The largest absolute Gasteiger partial charge is 0.381 e. The molecule has 0 unspecified atom stereocenters. The molecule has 1 aromatic carbocycles. The van der Waals surface area contributed by atoms with Crippen molar-refractivity contribution in [3.8, 4) is 0 Å². The number of carbonyl (C=O) groups excluding carboxylic acids is 1. The minimum Gasteiger partial charge on any atom is -0.381 e. The molecule has 1 aliphatic heterocycles. The Morgan fingerprint density at radius 2 is 1.96 bits per heavy atom. The van der Waals surface area contributed by atoms with Crippen molar-refractivity contribution in [2.75, 3.05) is 19.8 Å². The molecule has 146 valence electrons. The van der Waals surface area contributed by atoms with Gasteiger partial charge in [-0.15, -0.1) is 0 Å². The Balaban J connectivity index is 0.000000254. The molecule has 5 heteroatoms. The minimum atomic E-state index is -0.507. The molecular formula is C21H33FN2O2. The van der Waals surface area contributed by atoms with Crippen LogP contribution in [0, 0.1) is 18.7 Å². The van der Waals surface area contributed by atoms with E-state index in [2.05, 4.69) is 5.32 Å². The van der Waals surface area contributed by atoms with E-state index in [0.29, 0.717) is 26.1 Å². The highest BCUT2D eigenvalue weighted by molar-refractivity contribution is 5.84. The summed E-state index contributed by atoms with van der Waals surface area (Å²) in [6.45, 7) is 4.05. The van der Waals surface area contributed by atoms with Gasteiger partial charge in [0.05, 0.1) is 0 Å². The van der Waals surface area contributed by atoms with E-state index in [0.717, 1.165) is 18.0 Å². The van der Waals surface area contributed by atoms with Gasteiger partial charge in [-0.2, -0.15) is 0 Å². The third kappa shape index (κ3) is 6.69. The predicted octanol–water partition coefficient (Wildman–Crippen LogP) is 3.72. The number of aryl methyl sites for hydroxylation is 1. The van der Waals surface area contributed by atoms with E-state index in [1.807, 2.05) is 13.0 Å². The van der Waals surface area contributed by atoms with Gasteiger partial charge in [-0.1, -0.05) is 44.2 Å². The fourth-order valence-corrected chi connectivity index (χ4v) is 3.83. The third-order valence-corrected chi connectivity index (χ3v) is 5.54. The van der Waals surface area contributed by atoms with E-state index < -0.39 is 5.54 Å². The van der Waals surface area contributed by atoms with Crippen molar-refractivity contribution in [1.29, 1.82) is 0 Å². The van der Waals surface area contributed by atoms with Gasteiger partial charge in [-0.05, 0) is 56.3 Å². The first-order valence-electron chi connectivity index (χ1n) is 9.87. The zero-order chi connectivity index (χ0) is 18.8. The molecular weight excluding hydrogens is 331 g/mol. The summed E-state index contributed by atoms with van der Waals surface area (Å²) in [5.74, 6) is 0.468. The van der Waals surface area contributed by atoms with Gasteiger partial charge in [0.2, 0.25) is 5.91 Å². The number of halogens is 1. The van der Waals surface area contributed by atoms with Crippen LogP contribution in [0.2, 0.25) is 0 Å². The molecule has 26 heavy (non-hydrogen) atoms. The zero-order valence-electron chi connectivity index (χ0n) is 15.9. The molecule has 2 fully saturated rings. The molecule has 4 nitrogen and oxygen atoms in total. The van der Waals surface area contributed by atoms with E-state index >= 15 is 0 Å². The van der Waals surface area contributed by atoms with Crippen molar-refractivity contribution in [2.45, 2.75) is 63.8 Å². The summed E-state index contributed by atoms with van der Waals surface area (Å²) in [7, 11) is 0. The number of carbonyl (C=O) groups is 1. The number of hydrogen-bond donors (Lipinski definition) is 2. The van der Waals surface area contributed by atoms with E-state index in [4.69, 9.17) is 10.5 Å². The molecule has 0 aromatic heterocycles. The molecule has 0 radical (unpaired) electrons. The molecule has 3 rings (SSSR count). The molecule has 1 aromatic rings. The first-order chi connectivity index (χ1) is 12.5. The van der Waals surface area contributed by atoms with Crippen LogP contribution in [0.3, 0.4) is 0 Å². The lowest BCUT2D eigenvalue weighted by molar-refractivity contribution is -0.128. The number of amides is 1. The summed E-state index contributed by atoms with van der Waals surface area (Å²) in [5, 5.41) is 3.43. The highest BCUT2D eigenvalue weighted by Gasteiger charge is 2.37. The highest BCUT2D eigenvalue weighted by atomic mass is 19.1. The number of benzene rings is 1. The zero-order valence-corrected chi connectivity index (χ0v) is 15.9. The van der Waals surface area contributed by atoms with Crippen molar-refractivity contribution in [1.82, 2.24) is 5.32 Å². The predicted molar refractivity (Wildman–Crippen MR) is 102 cm³/mol. The van der Waals surface area contributed by atoms with Crippen LogP contribution in [0.4, 0.5) is 4.39 Å². The van der Waals surface area contributed by atoms with Gasteiger partial charge >= 0.3 is 0 Å². The normalized spacial score (nSPS) is 20.1. The number of primary amides is 1. The second kappa shape index (κ2) is 10.6. The van der Waals surface area contributed by atoms with Crippen molar-refractivity contribution in [2.24, 2.45) is 11.7 Å². The Kier molecular flexibility index (Phi) is 8.52. The van der Waals surface area contributed by atoms with Crippen LogP contribution in [-0.2, 0) is 9.53 Å². The van der Waals surface area contributed by atoms with Gasteiger partial charge in [0, 0.05) is 13.2 Å². The summed E-state index contributed by atoms with van der Waals surface area (Å²) >= 11 is 0. The standard InChI is InChI=1S/C14H26N2O2.C7H7F/c15-13(17)14(7-10-18-11-8-14)16-9-6-12-4-2-1-3-5-12;1-6-3-2-4-7(8)5-6/h12,16H,1-11H2,(H2,15,17);2-5H,1H3. The Morgan fingerprint density at radius 3 is 2.50 bits per heavy atom. The number of rotatable bonds is 5. The molecule has 0 atom stereocenters. The average molecular weight is 365 g/mol. The van der Waals surface area contributed by atoms with E-state index in [1.165, 1.54) is 50.7 Å². The van der Waals surface area contributed by atoms with Gasteiger partial charge in [-0.25, -0.2) is 4.39 Å². The van der Waals surface area contributed by atoms with Gasteiger partial charge < -0.3 is 15.8 Å². The smallest absolute Gasteiger partial charge is 0.237 e. The van der Waals surface area contributed by atoms with Crippen molar-refractivity contribution >= 4 is 5.91 Å². The number of hydrogen-bond acceptors (Lipinski definition) is 3. The first-order valence-corrected chi connectivity index (χ1v) is 9.87. The Morgan fingerprint density at radius 1 is 1.27 bits per heavy atom. The van der Waals surface area contributed by atoms with Gasteiger partial charge in [0.15, 0.2) is 0 Å². The van der Waals surface area contributed by atoms with Crippen molar-refractivity contribution < 1.29 is 13.9 Å². The van der Waals surface area contributed by atoms with Crippen LogP contribution in [0.1, 0.15) is 56.9 Å². The Hall–Kier alpha value is -1.46. The molecule has 0 spiro atoms. The lowest BCUT2D eigenvalue weighted by Gasteiger charge is -2.35. The quantitative estimate of drug-likeness (QED) is 0.837. The third-order valence-electron chi connectivity index (χ3n) is 5.54. The average Bonchev–Trinajstić information content (AvgIpc) is 2.64. The maximum Gasteiger partial charge on any atom is 0.237 e. The van der Waals surface area contributed by atoms with Gasteiger partial charge in [0.1, 0.15) is 11.4 Å². The molecule has 1 saturated heterocycles. The number of ether oxygens (including phenoxy) is 1. The molecule has 3 N–H and O–H groups in total. The van der Waals surface area contributed by atoms with Crippen molar-refractivity contribution in [3.05, 3.63) is 35.6 Å². The summed E-state index contributed by atoms with van der Waals surface area (Å²) in [6.07, 6.45) is 9.46. The van der Waals surface area contributed by atoms with Crippen LogP contribution >= 0.6 is 0 Å². The maximum atomic E-state index is 12.2. The molecule has 1 saturated carbocycles. The molecule has 1 aliphatic carbocycles. The van der Waals surface area contributed by atoms with Crippen LogP contribution in [-0.4, -0.2) is 31.2 Å². The first kappa shape index (κ1) is 20.8. The monoisotopic (exact) mass is 364 g/mol. The maximum absolute atomic E-state index is 12.2. The minimum absolute atomic E-state index is 0.162. The van der Waals surface area contributed by atoms with Crippen LogP contribution in [0.5, 0.6) is 0 Å². The number of nitrogens with two attached hydrogens (primary N) is 1. The molecule has 1 amide bonds. The van der Waals surface area contributed by atoms with E-state index in [1.54, 1.807) is 6.07 Å². The summed E-state index contributed by atoms with van der Waals surface area (Å²) in [6, 6.07) is 6.50. The van der Waals surface area contributed by atoms with Crippen LogP contribution < -0.4 is 11.1 Å².